The number of carbonyl (C=O) groups excluding carboxylic acids is 1. The molecule has 13 atom stereocenters. The molecule has 4 saturated carbocycles. The largest absolute Gasteiger partial charge is 0.457 e. The highest BCUT2D eigenvalue weighted by molar-refractivity contribution is 5.66. The van der Waals surface area contributed by atoms with E-state index in [0.717, 1.165) is 31.6 Å². The second-order valence-electron chi connectivity index (χ2n) is 12.8. The van der Waals surface area contributed by atoms with Crippen molar-refractivity contribution in [2.24, 2.45) is 40.4 Å². The first kappa shape index (κ1) is 26.6. The lowest BCUT2D eigenvalue weighted by atomic mass is 9.44. The lowest BCUT2D eigenvalue weighted by Crippen LogP contribution is -2.60. The number of ether oxygens (including phenoxy) is 3. The van der Waals surface area contributed by atoms with Crippen molar-refractivity contribution in [1.29, 1.82) is 0 Å². The molecule has 0 aromatic heterocycles. The highest BCUT2D eigenvalue weighted by Gasteiger charge is 2.61. The van der Waals surface area contributed by atoms with Gasteiger partial charge in [-0.15, -0.1) is 6.58 Å². The van der Waals surface area contributed by atoms with Crippen molar-refractivity contribution >= 4 is 5.97 Å². The number of aliphatic hydroxyl groups is 3. The molecule has 204 valence electrons. The van der Waals surface area contributed by atoms with Crippen LogP contribution in [0.2, 0.25) is 0 Å². The minimum atomic E-state index is -1.25. The van der Waals surface area contributed by atoms with E-state index < -0.39 is 36.7 Å². The van der Waals surface area contributed by atoms with Gasteiger partial charge in [0.2, 0.25) is 0 Å². The van der Waals surface area contributed by atoms with Gasteiger partial charge in [-0.1, -0.05) is 13.0 Å². The quantitative estimate of drug-likeness (QED) is 0.297. The van der Waals surface area contributed by atoms with Crippen LogP contribution in [-0.2, 0) is 19.0 Å². The van der Waals surface area contributed by atoms with E-state index in [4.69, 9.17) is 14.2 Å². The van der Waals surface area contributed by atoms with E-state index in [2.05, 4.69) is 19.6 Å². The molecule has 3 N–H and O–H groups in total. The average Bonchev–Trinajstić information content (AvgIpc) is 3.21. The van der Waals surface area contributed by atoms with Gasteiger partial charge in [0.1, 0.15) is 12.2 Å². The predicted octanol–water partition coefficient (Wildman–Crippen LogP) is 3.59. The first-order valence-electron chi connectivity index (χ1n) is 14.2. The number of allylic oxidation sites excluding steroid dienone is 1. The summed E-state index contributed by atoms with van der Waals surface area (Å²) in [6.45, 7) is 9.83. The van der Waals surface area contributed by atoms with E-state index in [-0.39, 0.29) is 18.1 Å². The van der Waals surface area contributed by atoms with E-state index >= 15 is 0 Å². The van der Waals surface area contributed by atoms with Crippen LogP contribution >= 0.6 is 0 Å². The van der Waals surface area contributed by atoms with E-state index in [0.29, 0.717) is 29.1 Å². The van der Waals surface area contributed by atoms with Gasteiger partial charge in [-0.3, -0.25) is 4.79 Å². The molecule has 5 rings (SSSR count). The van der Waals surface area contributed by atoms with Gasteiger partial charge in [0.05, 0.1) is 12.2 Å². The summed E-state index contributed by atoms with van der Waals surface area (Å²) in [4.78, 5) is 11.5. The zero-order valence-corrected chi connectivity index (χ0v) is 22.2. The van der Waals surface area contributed by atoms with Crippen molar-refractivity contribution in [1.82, 2.24) is 0 Å². The number of fused-ring (bicyclic) bond motifs is 5. The van der Waals surface area contributed by atoms with Gasteiger partial charge in [0, 0.05) is 13.5 Å². The summed E-state index contributed by atoms with van der Waals surface area (Å²) in [6, 6.07) is 0. The molecule has 5 aliphatic rings. The summed E-state index contributed by atoms with van der Waals surface area (Å²) in [5.74, 6) is 2.42. The number of rotatable bonds is 5. The van der Waals surface area contributed by atoms with Crippen LogP contribution in [0, 0.1) is 40.4 Å². The summed E-state index contributed by atoms with van der Waals surface area (Å²) < 4.78 is 17.3. The number of hydrogen-bond donors (Lipinski definition) is 3. The molecule has 1 heterocycles. The van der Waals surface area contributed by atoms with Crippen LogP contribution < -0.4 is 0 Å². The highest BCUT2D eigenvalue weighted by atomic mass is 16.7. The predicted molar refractivity (Wildman–Crippen MR) is 134 cm³/mol. The summed E-state index contributed by atoms with van der Waals surface area (Å²) in [5.41, 5.74) is 0.313. The monoisotopic (exact) mass is 506 g/mol. The van der Waals surface area contributed by atoms with Crippen LogP contribution in [0.25, 0.3) is 0 Å². The Morgan fingerprint density at radius 3 is 2.56 bits per heavy atom. The van der Waals surface area contributed by atoms with Crippen LogP contribution in [0.3, 0.4) is 0 Å². The molecule has 0 unspecified atom stereocenters. The lowest BCUT2D eigenvalue weighted by Gasteiger charge is -2.61. The Hall–Kier alpha value is -0.990. The van der Waals surface area contributed by atoms with Gasteiger partial charge in [0.25, 0.3) is 0 Å². The fourth-order valence-corrected chi connectivity index (χ4v) is 9.50. The molecule has 0 spiro atoms. The molecular formula is C29H46O7. The molecule has 7 heteroatoms. The van der Waals surface area contributed by atoms with Crippen molar-refractivity contribution in [3.05, 3.63) is 12.7 Å². The summed E-state index contributed by atoms with van der Waals surface area (Å²) >= 11 is 0. The van der Waals surface area contributed by atoms with Gasteiger partial charge in [0.15, 0.2) is 12.4 Å². The lowest BCUT2D eigenvalue weighted by molar-refractivity contribution is -0.312. The number of carbonyl (C=O) groups is 1. The SMILES string of the molecule is C=C[C@H]1CC[C@H]2[C@@H]3CC[C@H]4C[C@@H](O[C@@H]5O[C@@H](C)[C@@H](O)[C@@H](OC(C)=O)[C@@H]5O)CC[C@]4(CO)[C@H]3CC[C@]12C. The molecule has 0 aromatic carbocycles. The Balaban J connectivity index is 1.28. The molecule has 0 amide bonds. The number of aliphatic hydroxyl groups excluding tert-OH is 3. The van der Waals surface area contributed by atoms with Gasteiger partial charge in [-0.2, -0.15) is 0 Å². The Bertz CT molecular complexity index is 832. The van der Waals surface area contributed by atoms with Crippen LogP contribution in [-0.4, -0.2) is 64.7 Å². The molecule has 7 nitrogen and oxygen atoms in total. The second-order valence-corrected chi connectivity index (χ2v) is 12.8. The summed E-state index contributed by atoms with van der Waals surface area (Å²) in [6.07, 6.45) is 6.92. The summed E-state index contributed by atoms with van der Waals surface area (Å²) in [5, 5.41) is 32.0. The molecule has 1 saturated heterocycles. The molecule has 5 fully saturated rings. The van der Waals surface area contributed by atoms with Crippen LogP contribution in [0.4, 0.5) is 0 Å². The molecule has 0 aromatic rings. The van der Waals surface area contributed by atoms with Gasteiger partial charge < -0.3 is 29.5 Å². The van der Waals surface area contributed by atoms with E-state index in [1.807, 2.05) is 0 Å². The minimum absolute atomic E-state index is 0.0494. The van der Waals surface area contributed by atoms with Gasteiger partial charge in [-0.05, 0) is 105 Å². The smallest absolute Gasteiger partial charge is 0.303 e. The van der Waals surface area contributed by atoms with Crippen LogP contribution in [0.1, 0.15) is 78.6 Å². The fraction of sp³-hybridized carbons (Fsp3) is 0.897. The number of esters is 1. The van der Waals surface area contributed by atoms with Crippen molar-refractivity contribution < 1.29 is 34.3 Å². The molecule has 36 heavy (non-hydrogen) atoms. The normalized spacial score (nSPS) is 52.6. The Kier molecular flexibility index (Phi) is 7.36. The minimum Gasteiger partial charge on any atom is -0.457 e. The third-order valence-corrected chi connectivity index (χ3v) is 11.4. The topological polar surface area (TPSA) is 105 Å². The summed E-state index contributed by atoms with van der Waals surface area (Å²) in [7, 11) is 0. The van der Waals surface area contributed by atoms with Crippen molar-refractivity contribution in [3.8, 4) is 0 Å². The maximum atomic E-state index is 11.5. The number of hydrogen-bond acceptors (Lipinski definition) is 7. The Morgan fingerprint density at radius 2 is 1.86 bits per heavy atom. The van der Waals surface area contributed by atoms with Gasteiger partial charge in [-0.25, -0.2) is 0 Å². The maximum Gasteiger partial charge on any atom is 0.303 e. The van der Waals surface area contributed by atoms with Crippen molar-refractivity contribution in [2.75, 3.05) is 6.61 Å². The second kappa shape index (κ2) is 9.96. The molecular weight excluding hydrogens is 460 g/mol. The fourth-order valence-electron chi connectivity index (χ4n) is 9.50. The molecule has 0 bridgehead atoms. The third-order valence-electron chi connectivity index (χ3n) is 11.4. The van der Waals surface area contributed by atoms with E-state index in [1.165, 1.54) is 39.0 Å². The Labute approximate surface area is 215 Å². The third kappa shape index (κ3) is 4.17. The first-order valence-corrected chi connectivity index (χ1v) is 14.2. The van der Waals surface area contributed by atoms with E-state index in [1.54, 1.807) is 6.92 Å². The highest BCUT2D eigenvalue weighted by Crippen LogP contribution is 2.67. The van der Waals surface area contributed by atoms with E-state index in [9.17, 15) is 20.1 Å². The van der Waals surface area contributed by atoms with Crippen molar-refractivity contribution in [2.45, 2.75) is 115 Å². The zero-order chi connectivity index (χ0) is 25.8. The van der Waals surface area contributed by atoms with Gasteiger partial charge >= 0.3 is 5.97 Å². The van der Waals surface area contributed by atoms with Crippen molar-refractivity contribution in [3.63, 3.8) is 0 Å². The molecule has 4 aliphatic carbocycles. The standard InChI is InChI=1S/C29H46O7/c1-5-18-7-9-22-21-8-6-19-14-20(10-13-29(19,15-30)23(21)11-12-28(18,22)4)36-27-25(33)26(35-17(3)31)24(32)16(2)34-27/h5,16,18-27,30,32-33H,1,6-15H2,2-4H3/t16-,18-,19-,20-,21-,22-,23-,24+,25-,26+,27-,28+,29+/m0/s1. The first-order chi connectivity index (χ1) is 17.1. The maximum absolute atomic E-state index is 11.5. The van der Waals surface area contributed by atoms with Crippen LogP contribution in [0.5, 0.6) is 0 Å². The molecule has 1 aliphatic heterocycles. The zero-order valence-electron chi connectivity index (χ0n) is 22.2. The Morgan fingerprint density at radius 1 is 1.08 bits per heavy atom. The van der Waals surface area contributed by atoms with Crippen LogP contribution in [0.15, 0.2) is 12.7 Å². The average molecular weight is 507 g/mol. The molecule has 0 radical (unpaired) electrons.